The van der Waals surface area contributed by atoms with Crippen LogP contribution in [-0.2, 0) is 14.3 Å². The van der Waals surface area contributed by atoms with E-state index in [1.54, 1.807) is 0 Å². The molecule has 6 nitrogen and oxygen atoms in total. The number of aliphatic hydroxyl groups excluding tert-OH is 3. The van der Waals surface area contributed by atoms with Gasteiger partial charge in [-0.15, -0.1) is 0 Å². The van der Waals surface area contributed by atoms with E-state index < -0.39 is 23.7 Å². The molecular weight excluding hydrogens is 444 g/mol. The van der Waals surface area contributed by atoms with Gasteiger partial charge in [0.15, 0.2) is 0 Å². The van der Waals surface area contributed by atoms with E-state index in [2.05, 4.69) is 32.9 Å². The Labute approximate surface area is 210 Å². The molecule has 3 fully saturated rings. The van der Waals surface area contributed by atoms with Gasteiger partial charge in [-0.25, -0.2) is 0 Å². The van der Waals surface area contributed by atoms with Gasteiger partial charge in [-0.2, -0.15) is 0 Å². The minimum Gasteiger partial charge on any atom is -0.469 e. The smallest absolute Gasteiger partial charge is 0.305 e. The monoisotopic (exact) mass is 490 g/mol. The molecule has 0 aromatic rings. The molecule has 0 radical (unpaired) electrons. The quantitative estimate of drug-likeness (QED) is 0.332. The summed E-state index contributed by atoms with van der Waals surface area (Å²) >= 11 is 0. The molecule has 3 saturated carbocycles. The highest BCUT2D eigenvalue weighted by Crippen LogP contribution is 2.66. The predicted molar refractivity (Wildman–Crippen MR) is 134 cm³/mol. The van der Waals surface area contributed by atoms with Gasteiger partial charge in [-0.1, -0.05) is 44.1 Å². The van der Waals surface area contributed by atoms with Gasteiger partial charge in [-0.3, -0.25) is 4.79 Å². The van der Waals surface area contributed by atoms with Crippen LogP contribution in [0.3, 0.4) is 0 Å². The maximum atomic E-state index is 11.6. The molecule has 0 spiro atoms. The average molecular weight is 491 g/mol. The summed E-state index contributed by atoms with van der Waals surface area (Å²) in [5.74, 6) is 1.86. The van der Waals surface area contributed by atoms with Gasteiger partial charge in [0.25, 0.3) is 0 Å². The Kier molecular flexibility index (Phi) is 8.16. The van der Waals surface area contributed by atoms with Crippen LogP contribution in [0.25, 0.3) is 0 Å². The molecule has 0 heterocycles. The summed E-state index contributed by atoms with van der Waals surface area (Å²) in [7, 11) is 1.46. The number of hydrogen-bond donors (Lipinski definition) is 3. The second-order valence-electron chi connectivity index (χ2n) is 12.0. The third kappa shape index (κ3) is 4.65. The first-order chi connectivity index (χ1) is 16.7. The molecule has 0 aliphatic heterocycles. The van der Waals surface area contributed by atoms with Crippen molar-refractivity contribution >= 4 is 5.97 Å². The Balaban J connectivity index is 1.52. The van der Waals surface area contributed by atoms with Gasteiger partial charge in [0.05, 0.1) is 19.3 Å². The second-order valence-corrected chi connectivity index (χ2v) is 12.0. The van der Waals surface area contributed by atoms with E-state index in [1.165, 1.54) is 25.5 Å². The molecule has 0 amide bonds. The SMILES string of the molecule is COC(=O)CCCC(C)[C@H]1CC[C@H]2C3=CC=C4CC(O)C(OCCCO)C(O)[C@]4(C)[C@H]3CC[C@]12C. The highest BCUT2D eigenvalue weighted by Gasteiger charge is 2.60. The van der Waals surface area contributed by atoms with Crippen LogP contribution in [0.15, 0.2) is 23.3 Å². The van der Waals surface area contributed by atoms with E-state index >= 15 is 0 Å². The predicted octanol–water partition coefficient (Wildman–Crippen LogP) is 4.17. The molecule has 0 bridgehead atoms. The molecule has 4 unspecified atom stereocenters. The molecule has 3 N–H and O–H groups in total. The minimum atomic E-state index is -0.774. The summed E-state index contributed by atoms with van der Waals surface area (Å²) < 4.78 is 10.7. The van der Waals surface area contributed by atoms with E-state index in [-0.39, 0.29) is 23.9 Å². The summed E-state index contributed by atoms with van der Waals surface area (Å²) in [4.78, 5) is 11.6. The highest BCUT2D eigenvalue weighted by atomic mass is 16.5. The van der Waals surface area contributed by atoms with Gasteiger partial charge in [-0.05, 0) is 80.5 Å². The highest BCUT2D eigenvalue weighted by molar-refractivity contribution is 5.68. The fraction of sp³-hybridized carbons (Fsp3) is 0.828. The lowest BCUT2D eigenvalue weighted by molar-refractivity contribution is -0.162. The second kappa shape index (κ2) is 10.6. The van der Waals surface area contributed by atoms with Crippen LogP contribution in [0.5, 0.6) is 0 Å². The maximum absolute atomic E-state index is 11.6. The van der Waals surface area contributed by atoms with E-state index in [0.29, 0.717) is 43.6 Å². The number of carbonyl (C=O) groups is 1. The van der Waals surface area contributed by atoms with Crippen LogP contribution in [0.2, 0.25) is 0 Å². The van der Waals surface area contributed by atoms with Crippen LogP contribution >= 0.6 is 0 Å². The number of hydrogen-bond acceptors (Lipinski definition) is 6. The van der Waals surface area contributed by atoms with Gasteiger partial charge < -0.3 is 24.8 Å². The van der Waals surface area contributed by atoms with Crippen LogP contribution in [0, 0.1) is 34.5 Å². The molecule has 0 saturated heterocycles. The molecule has 0 aromatic heterocycles. The standard InChI is InChI=1S/C29H46O6/c1-18(7-5-8-25(32)34-4)21-11-12-22-20-10-9-19-17-24(31)26(35-16-6-15-30)27(33)29(19,3)23(20)13-14-28(21,22)2/h9-10,18,21-24,26-27,30-31,33H,5-8,11-17H2,1-4H3/t18?,21-,22+,23+,24?,26?,27?,28-,29+/m1/s1. The Bertz CT molecular complexity index is 835. The molecule has 4 rings (SSSR count). The number of allylic oxidation sites excluding steroid dienone is 3. The number of carbonyl (C=O) groups excluding carboxylic acids is 1. The topological polar surface area (TPSA) is 96.2 Å². The number of ether oxygens (including phenoxy) is 2. The fourth-order valence-corrected chi connectivity index (χ4v) is 8.38. The Morgan fingerprint density at radius 3 is 2.63 bits per heavy atom. The van der Waals surface area contributed by atoms with E-state index in [0.717, 1.165) is 31.3 Å². The molecule has 35 heavy (non-hydrogen) atoms. The van der Waals surface area contributed by atoms with E-state index in [1.807, 2.05) is 0 Å². The summed E-state index contributed by atoms with van der Waals surface area (Å²) in [6, 6.07) is 0. The first kappa shape index (κ1) is 26.8. The largest absolute Gasteiger partial charge is 0.469 e. The van der Waals surface area contributed by atoms with Gasteiger partial charge in [0, 0.05) is 25.0 Å². The Morgan fingerprint density at radius 2 is 1.91 bits per heavy atom. The van der Waals surface area contributed by atoms with Crippen LogP contribution in [0.4, 0.5) is 0 Å². The molecular formula is C29H46O6. The van der Waals surface area contributed by atoms with Crippen molar-refractivity contribution in [2.24, 2.45) is 34.5 Å². The first-order valence-electron chi connectivity index (χ1n) is 13.7. The zero-order valence-electron chi connectivity index (χ0n) is 22.0. The third-order valence-corrected chi connectivity index (χ3v) is 10.4. The number of fused-ring (bicyclic) bond motifs is 5. The first-order valence-corrected chi connectivity index (χ1v) is 13.7. The van der Waals surface area contributed by atoms with Gasteiger partial charge in [0.2, 0.25) is 0 Å². The van der Waals surface area contributed by atoms with Gasteiger partial charge in [0.1, 0.15) is 6.10 Å². The zero-order chi connectivity index (χ0) is 25.4. The zero-order valence-corrected chi connectivity index (χ0v) is 22.0. The van der Waals surface area contributed by atoms with Gasteiger partial charge >= 0.3 is 5.97 Å². The van der Waals surface area contributed by atoms with Crippen LogP contribution in [-0.4, -0.2) is 59.9 Å². The van der Waals surface area contributed by atoms with E-state index in [9.17, 15) is 15.0 Å². The lowest BCUT2D eigenvalue weighted by atomic mass is 9.49. The Hall–Kier alpha value is -1.21. The van der Waals surface area contributed by atoms with Crippen molar-refractivity contribution in [3.05, 3.63) is 23.3 Å². The summed E-state index contributed by atoms with van der Waals surface area (Å²) in [5, 5.41) is 31.5. The number of esters is 1. The van der Waals surface area contributed by atoms with Crippen molar-refractivity contribution in [2.75, 3.05) is 20.3 Å². The number of rotatable bonds is 9. The normalized spacial score (nSPS) is 41.2. The summed E-state index contributed by atoms with van der Waals surface area (Å²) in [6.07, 6.45) is 10.4. The Morgan fingerprint density at radius 1 is 1.14 bits per heavy atom. The van der Waals surface area contributed by atoms with Crippen molar-refractivity contribution < 1.29 is 29.6 Å². The molecule has 4 aliphatic rings. The lowest BCUT2D eigenvalue weighted by Crippen LogP contribution is -2.59. The number of aliphatic hydroxyl groups is 3. The summed E-state index contributed by atoms with van der Waals surface area (Å²) in [6.45, 7) is 7.40. The third-order valence-electron chi connectivity index (χ3n) is 10.4. The van der Waals surface area contributed by atoms with Crippen LogP contribution < -0.4 is 0 Å². The lowest BCUT2D eigenvalue weighted by Gasteiger charge is -2.57. The van der Waals surface area contributed by atoms with Crippen molar-refractivity contribution in [2.45, 2.75) is 96.9 Å². The van der Waals surface area contributed by atoms with Crippen molar-refractivity contribution in [1.29, 1.82) is 0 Å². The van der Waals surface area contributed by atoms with Crippen LogP contribution in [0.1, 0.15) is 78.6 Å². The molecule has 6 heteroatoms. The average Bonchev–Trinajstić information content (AvgIpc) is 3.19. The maximum Gasteiger partial charge on any atom is 0.305 e. The molecule has 4 aliphatic carbocycles. The molecule has 0 aromatic carbocycles. The van der Waals surface area contributed by atoms with Crippen molar-refractivity contribution in [1.82, 2.24) is 0 Å². The molecule has 9 atom stereocenters. The fourth-order valence-electron chi connectivity index (χ4n) is 8.38. The molecule has 198 valence electrons. The number of methoxy groups -OCH3 is 1. The minimum absolute atomic E-state index is 0.0411. The van der Waals surface area contributed by atoms with Crippen molar-refractivity contribution in [3.63, 3.8) is 0 Å². The summed E-state index contributed by atoms with van der Waals surface area (Å²) in [5.41, 5.74) is 2.44. The van der Waals surface area contributed by atoms with Crippen molar-refractivity contribution in [3.8, 4) is 0 Å². The van der Waals surface area contributed by atoms with E-state index in [4.69, 9.17) is 14.6 Å².